The average molecular weight is 806 g/mol. The van der Waals surface area contributed by atoms with Crippen LogP contribution in [0.4, 0.5) is 0 Å². The third kappa shape index (κ3) is 6.08. The highest BCUT2D eigenvalue weighted by molar-refractivity contribution is 6.15. The van der Waals surface area contributed by atoms with E-state index in [2.05, 4.69) is 181 Å². The Kier molecular flexibility index (Phi) is 8.71. The highest BCUT2D eigenvalue weighted by Crippen LogP contribution is 2.56. The summed E-state index contributed by atoms with van der Waals surface area (Å²) in [4.78, 5) is 20.1. The molecule has 5 heteroatoms. The van der Waals surface area contributed by atoms with Gasteiger partial charge < -0.3 is 5.32 Å². The van der Waals surface area contributed by atoms with Crippen molar-refractivity contribution in [1.82, 2.24) is 15.3 Å². The van der Waals surface area contributed by atoms with Gasteiger partial charge in [0.2, 0.25) is 0 Å². The van der Waals surface area contributed by atoms with E-state index in [1.54, 1.807) is 0 Å². The Hall–Kier alpha value is -8.28. The first-order chi connectivity index (χ1) is 31.2. The lowest BCUT2D eigenvalue weighted by atomic mass is 9.67. The Balaban J connectivity index is 1.10. The summed E-state index contributed by atoms with van der Waals surface area (Å²) in [5, 5.41) is 5.83. The van der Waals surface area contributed by atoms with Crippen LogP contribution in [0.3, 0.4) is 0 Å². The second-order valence-corrected chi connectivity index (χ2v) is 16.2. The van der Waals surface area contributed by atoms with Crippen molar-refractivity contribution < 1.29 is 0 Å². The number of rotatable bonds is 7. The van der Waals surface area contributed by atoms with E-state index in [0.29, 0.717) is 5.84 Å². The van der Waals surface area contributed by atoms with Gasteiger partial charge in [0.15, 0.2) is 5.84 Å². The predicted octanol–water partition coefficient (Wildman–Crippen LogP) is 13.0. The Bertz CT molecular complexity index is 3380. The summed E-state index contributed by atoms with van der Waals surface area (Å²) >= 11 is 0. The lowest BCUT2D eigenvalue weighted by Crippen LogP contribution is -2.33. The molecular formula is C58H39N5. The van der Waals surface area contributed by atoms with Crippen molar-refractivity contribution in [3.8, 4) is 33.4 Å². The van der Waals surface area contributed by atoms with E-state index in [4.69, 9.17) is 20.0 Å². The molecular weight excluding hydrogens is 767 g/mol. The lowest BCUT2D eigenvalue weighted by Gasteiger charge is -2.33. The first-order valence-corrected chi connectivity index (χ1v) is 21.4. The molecule has 0 spiro atoms. The third-order valence-corrected chi connectivity index (χ3v) is 12.7. The number of amidine groups is 2. The minimum atomic E-state index is -0.481. The molecule has 0 saturated heterocycles. The number of nitrogens with one attached hydrogen (secondary N) is 1. The molecule has 1 atom stereocenters. The van der Waals surface area contributed by atoms with E-state index in [-0.39, 0.29) is 6.17 Å². The normalized spacial score (nSPS) is 15.0. The van der Waals surface area contributed by atoms with Gasteiger partial charge in [-0.3, -0.25) is 9.97 Å². The van der Waals surface area contributed by atoms with Gasteiger partial charge in [-0.1, -0.05) is 170 Å². The van der Waals surface area contributed by atoms with Crippen LogP contribution >= 0.6 is 0 Å². The predicted molar refractivity (Wildman–Crippen MR) is 257 cm³/mol. The van der Waals surface area contributed by atoms with Gasteiger partial charge in [-0.2, -0.15) is 0 Å². The quantitative estimate of drug-likeness (QED) is 0.163. The molecule has 1 N–H and O–H groups in total. The van der Waals surface area contributed by atoms with Gasteiger partial charge in [0, 0.05) is 34.3 Å². The van der Waals surface area contributed by atoms with Crippen LogP contribution in [0.15, 0.2) is 235 Å². The number of benzene rings is 8. The molecule has 0 fully saturated rings. The number of nitrogens with zero attached hydrogens (tertiary/aromatic N) is 4. The molecule has 63 heavy (non-hydrogen) atoms. The summed E-state index contributed by atoms with van der Waals surface area (Å²) in [6.07, 6.45) is 3.36. The topological polar surface area (TPSA) is 62.5 Å². The highest BCUT2D eigenvalue weighted by Gasteiger charge is 2.46. The van der Waals surface area contributed by atoms with Crippen molar-refractivity contribution in [2.24, 2.45) is 9.98 Å². The van der Waals surface area contributed by atoms with E-state index in [1.165, 1.54) is 33.4 Å². The molecule has 0 radical (unpaired) electrons. The van der Waals surface area contributed by atoms with Crippen molar-refractivity contribution in [2.75, 3.05) is 0 Å². The number of aromatic nitrogens is 2. The standard InChI is InChI=1S/C58H39N5/c1-5-17-38(18-6-1)55-61-56(39-19-7-2-8-20-39)63-57(62-55)44-34-42(33-43(35-44)49-37-41-21-15-31-59-53(41)54-48(49)27-16-32-60-54)40-29-30-52-50(36-40)47-26-13-14-28-51(47)58(52,45-22-9-3-10-23-45)46-24-11-4-12-25-46/h1-37,55H,(H,61,62,63). The van der Waals surface area contributed by atoms with Gasteiger partial charge in [0.25, 0.3) is 0 Å². The zero-order valence-electron chi connectivity index (χ0n) is 34.2. The monoisotopic (exact) mass is 805 g/mol. The van der Waals surface area contributed by atoms with Crippen LogP contribution in [0.25, 0.3) is 55.2 Å². The fourth-order valence-corrected chi connectivity index (χ4v) is 9.85. The minimum absolute atomic E-state index is 0.335. The average Bonchev–Trinajstić information content (AvgIpc) is 3.67. The molecule has 8 aromatic carbocycles. The van der Waals surface area contributed by atoms with E-state index in [9.17, 15) is 0 Å². The molecule has 0 amide bonds. The number of pyridine rings is 2. The highest BCUT2D eigenvalue weighted by atomic mass is 15.2. The summed E-state index contributed by atoms with van der Waals surface area (Å²) in [5.41, 5.74) is 16.1. The summed E-state index contributed by atoms with van der Waals surface area (Å²) in [7, 11) is 0. The zero-order valence-corrected chi connectivity index (χ0v) is 34.2. The number of hydrogen-bond acceptors (Lipinski definition) is 5. The van der Waals surface area contributed by atoms with Gasteiger partial charge in [-0.05, 0) is 104 Å². The Morgan fingerprint density at radius 1 is 0.413 bits per heavy atom. The van der Waals surface area contributed by atoms with Crippen LogP contribution in [0.5, 0.6) is 0 Å². The molecule has 3 heterocycles. The Morgan fingerprint density at radius 2 is 1.03 bits per heavy atom. The molecule has 1 aliphatic heterocycles. The van der Waals surface area contributed by atoms with Crippen molar-refractivity contribution in [3.05, 3.63) is 264 Å². The van der Waals surface area contributed by atoms with Gasteiger partial charge in [-0.25, -0.2) is 9.98 Å². The summed E-state index contributed by atoms with van der Waals surface area (Å²) < 4.78 is 0. The van der Waals surface area contributed by atoms with Gasteiger partial charge in [0.05, 0.1) is 16.4 Å². The van der Waals surface area contributed by atoms with Crippen LogP contribution in [0, 0.1) is 0 Å². The lowest BCUT2D eigenvalue weighted by molar-refractivity contribution is 0.674. The first-order valence-electron chi connectivity index (χ1n) is 21.4. The maximum absolute atomic E-state index is 5.29. The summed E-state index contributed by atoms with van der Waals surface area (Å²) in [6, 6.07) is 75.9. The number of aliphatic imine (C=N–C) groups is 2. The van der Waals surface area contributed by atoms with E-state index < -0.39 is 5.41 Å². The number of fused-ring (bicyclic) bond motifs is 6. The largest absolute Gasteiger partial charge is 0.344 e. The molecule has 1 aliphatic carbocycles. The van der Waals surface area contributed by atoms with Crippen LogP contribution in [0.2, 0.25) is 0 Å². The zero-order chi connectivity index (χ0) is 41.7. The Morgan fingerprint density at radius 3 is 1.79 bits per heavy atom. The van der Waals surface area contributed by atoms with E-state index in [0.717, 1.165) is 66.6 Å². The minimum Gasteiger partial charge on any atom is -0.344 e. The van der Waals surface area contributed by atoms with Crippen molar-refractivity contribution >= 4 is 33.5 Å². The molecule has 0 bridgehead atoms. The molecule has 10 aromatic rings. The number of hydrogen-bond donors (Lipinski definition) is 1. The second kappa shape index (κ2) is 15.0. The van der Waals surface area contributed by atoms with Crippen molar-refractivity contribution in [2.45, 2.75) is 11.6 Å². The van der Waals surface area contributed by atoms with Crippen LogP contribution in [0.1, 0.15) is 45.1 Å². The summed E-state index contributed by atoms with van der Waals surface area (Å²) in [5.74, 6) is 1.44. The van der Waals surface area contributed by atoms with Gasteiger partial charge >= 0.3 is 0 Å². The summed E-state index contributed by atoms with van der Waals surface area (Å²) in [6.45, 7) is 0. The van der Waals surface area contributed by atoms with Crippen LogP contribution < -0.4 is 5.32 Å². The maximum atomic E-state index is 5.29. The third-order valence-electron chi connectivity index (χ3n) is 12.7. The van der Waals surface area contributed by atoms with E-state index in [1.807, 2.05) is 48.8 Å². The van der Waals surface area contributed by atoms with E-state index >= 15 is 0 Å². The van der Waals surface area contributed by atoms with Gasteiger partial charge in [0.1, 0.15) is 12.0 Å². The molecule has 5 nitrogen and oxygen atoms in total. The van der Waals surface area contributed by atoms with Gasteiger partial charge in [-0.15, -0.1) is 0 Å². The van der Waals surface area contributed by atoms with Crippen LogP contribution in [-0.4, -0.2) is 21.6 Å². The molecule has 2 aromatic heterocycles. The maximum Gasteiger partial charge on any atom is 0.159 e. The molecule has 296 valence electrons. The first kappa shape index (κ1) is 36.6. The van der Waals surface area contributed by atoms with Crippen molar-refractivity contribution in [3.63, 3.8) is 0 Å². The second-order valence-electron chi connectivity index (χ2n) is 16.2. The molecule has 0 saturated carbocycles. The smallest absolute Gasteiger partial charge is 0.159 e. The van der Waals surface area contributed by atoms with Crippen LogP contribution in [-0.2, 0) is 5.41 Å². The molecule has 2 aliphatic rings. The van der Waals surface area contributed by atoms with Crippen molar-refractivity contribution in [1.29, 1.82) is 0 Å². The fourth-order valence-electron chi connectivity index (χ4n) is 9.85. The molecule has 12 rings (SSSR count). The SMILES string of the molecule is c1ccc(C2=NC(c3ccccc3)NC(c3cc(-c4ccc5c(c4)-c4ccccc4C5(c4ccccc4)c4ccccc4)cc(-c4cc5cccnc5c5ncccc45)c3)=N2)cc1. The fraction of sp³-hybridized carbons (Fsp3) is 0.0345. The molecule has 1 unspecified atom stereocenters. The Labute approximate surface area is 365 Å².